The van der Waals surface area contributed by atoms with Crippen molar-refractivity contribution in [1.82, 2.24) is 4.90 Å². The van der Waals surface area contributed by atoms with Crippen LogP contribution in [0.25, 0.3) is 0 Å². The highest BCUT2D eigenvalue weighted by atomic mass is 16.4. The molecule has 0 aliphatic carbocycles. The second-order valence-electron chi connectivity index (χ2n) is 4.90. The minimum absolute atomic E-state index is 0.0628. The van der Waals surface area contributed by atoms with E-state index in [4.69, 9.17) is 5.11 Å². The number of anilines is 1. The number of carboxylic acid groups (broad SMARTS) is 1. The van der Waals surface area contributed by atoms with Gasteiger partial charge in [-0.1, -0.05) is 32.0 Å². The molecule has 0 radical (unpaired) electrons. The number of aliphatic carboxylic acids is 1. The molecule has 0 fully saturated rings. The lowest BCUT2D eigenvalue weighted by Crippen LogP contribution is -2.45. The van der Waals surface area contributed by atoms with Crippen LogP contribution in [0, 0.1) is 0 Å². The zero-order valence-corrected chi connectivity index (χ0v) is 12.8. The predicted octanol–water partition coefficient (Wildman–Crippen LogP) is 3.21. The molecule has 0 aliphatic rings. The molecular formula is C16H24N2O3. The minimum atomic E-state index is -0.902. The predicted molar refractivity (Wildman–Crippen MR) is 83.6 cm³/mol. The van der Waals surface area contributed by atoms with Gasteiger partial charge in [-0.15, -0.1) is 0 Å². The monoisotopic (exact) mass is 292 g/mol. The van der Waals surface area contributed by atoms with Crippen LogP contribution < -0.4 is 4.90 Å². The van der Waals surface area contributed by atoms with Crippen LogP contribution in [-0.4, -0.2) is 41.6 Å². The summed E-state index contributed by atoms with van der Waals surface area (Å²) in [6.07, 6.45) is 1.70. The Bertz CT molecular complexity index is 442. The third-order valence-electron chi connectivity index (χ3n) is 3.11. The van der Waals surface area contributed by atoms with Gasteiger partial charge >= 0.3 is 12.0 Å². The van der Waals surface area contributed by atoms with E-state index < -0.39 is 5.97 Å². The van der Waals surface area contributed by atoms with Crippen LogP contribution in [0.4, 0.5) is 10.5 Å². The van der Waals surface area contributed by atoms with Gasteiger partial charge in [0.25, 0.3) is 0 Å². The number of carboxylic acids is 1. The van der Waals surface area contributed by atoms with Gasteiger partial charge in [0.2, 0.25) is 0 Å². The second-order valence-corrected chi connectivity index (χ2v) is 4.90. The van der Waals surface area contributed by atoms with E-state index in [0.29, 0.717) is 13.1 Å². The molecule has 1 aromatic rings. The molecule has 0 saturated carbocycles. The molecular weight excluding hydrogens is 268 g/mol. The van der Waals surface area contributed by atoms with E-state index in [0.717, 1.165) is 18.5 Å². The van der Waals surface area contributed by atoms with Gasteiger partial charge in [0.1, 0.15) is 0 Å². The second kappa shape index (κ2) is 9.00. The molecule has 1 N–H and O–H groups in total. The van der Waals surface area contributed by atoms with Crippen LogP contribution in [-0.2, 0) is 4.79 Å². The van der Waals surface area contributed by atoms with Gasteiger partial charge in [0.05, 0.1) is 6.42 Å². The summed E-state index contributed by atoms with van der Waals surface area (Å²) >= 11 is 0. The Balaban J connectivity index is 2.93. The highest BCUT2D eigenvalue weighted by Gasteiger charge is 2.21. The van der Waals surface area contributed by atoms with Crippen molar-refractivity contribution in [2.24, 2.45) is 0 Å². The lowest BCUT2D eigenvalue weighted by atomic mass is 10.2. The van der Waals surface area contributed by atoms with E-state index in [1.165, 1.54) is 0 Å². The molecule has 0 spiro atoms. The van der Waals surface area contributed by atoms with Crippen molar-refractivity contribution in [2.45, 2.75) is 33.1 Å². The molecule has 1 rings (SSSR count). The van der Waals surface area contributed by atoms with E-state index in [1.807, 2.05) is 44.2 Å². The van der Waals surface area contributed by atoms with Gasteiger partial charge in [-0.05, 0) is 25.0 Å². The van der Waals surface area contributed by atoms with Gasteiger partial charge in [-0.25, -0.2) is 4.79 Å². The van der Waals surface area contributed by atoms with Crippen LogP contribution in [0.3, 0.4) is 0 Å². The maximum absolute atomic E-state index is 12.7. The first-order valence-electron chi connectivity index (χ1n) is 7.43. The van der Waals surface area contributed by atoms with Crippen LogP contribution in [0.5, 0.6) is 0 Å². The van der Waals surface area contributed by atoms with E-state index >= 15 is 0 Å². The van der Waals surface area contributed by atoms with Crippen LogP contribution >= 0.6 is 0 Å². The number of hydrogen-bond acceptors (Lipinski definition) is 2. The first-order valence-corrected chi connectivity index (χ1v) is 7.43. The smallest absolute Gasteiger partial charge is 0.324 e. The average Bonchev–Trinajstić information content (AvgIpc) is 2.48. The van der Waals surface area contributed by atoms with Crippen molar-refractivity contribution in [3.63, 3.8) is 0 Å². The van der Waals surface area contributed by atoms with Crippen molar-refractivity contribution < 1.29 is 14.7 Å². The van der Waals surface area contributed by atoms with E-state index in [2.05, 4.69) is 0 Å². The van der Waals surface area contributed by atoms with Gasteiger partial charge in [0.15, 0.2) is 0 Å². The molecule has 116 valence electrons. The first-order chi connectivity index (χ1) is 10.1. The van der Waals surface area contributed by atoms with Crippen molar-refractivity contribution in [1.29, 1.82) is 0 Å². The van der Waals surface area contributed by atoms with Gasteiger partial charge in [-0.2, -0.15) is 0 Å². The number of carbonyl (C=O) groups is 2. The largest absolute Gasteiger partial charge is 0.481 e. The fourth-order valence-electron chi connectivity index (χ4n) is 2.16. The summed E-state index contributed by atoms with van der Waals surface area (Å²) in [6, 6.07) is 9.11. The maximum Gasteiger partial charge on any atom is 0.324 e. The Morgan fingerprint density at radius 3 is 2.05 bits per heavy atom. The number of amides is 2. The van der Waals surface area contributed by atoms with Crippen molar-refractivity contribution in [2.75, 3.05) is 24.5 Å². The van der Waals surface area contributed by atoms with Crippen LogP contribution in [0.15, 0.2) is 30.3 Å². The van der Waals surface area contributed by atoms with E-state index in [1.54, 1.807) is 9.80 Å². The Hall–Kier alpha value is -2.04. The highest BCUT2D eigenvalue weighted by molar-refractivity contribution is 5.92. The molecule has 5 nitrogen and oxygen atoms in total. The molecule has 1 aromatic carbocycles. The number of benzene rings is 1. The summed E-state index contributed by atoms with van der Waals surface area (Å²) in [4.78, 5) is 26.9. The number of hydrogen-bond donors (Lipinski definition) is 1. The number of rotatable bonds is 8. The summed E-state index contributed by atoms with van der Waals surface area (Å²) in [7, 11) is 0. The molecule has 0 aliphatic heterocycles. The molecule has 5 heteroatoms. The zero-order chi connectivity index (χ0) is 15.7. The molecule has 2 amide bonds. The molecule has 0 aromatic heterocycles. The van der Waals surface area contributed by atoms with Gasteiger partial charge < -0.3 is 10.0 Å². The van der Waals surface area contributed by atoms with E-state index in [9.17, 15) is 9.59 Å². The average molecular weight is 292 g/mol. The maximum atomic E-state index is 12.7. The Morgan fingerprint density at radius 2 is 1.57 bits per heavy atom. The minimum Gasteiger partial charge on any atom is -0.481 e. The van der Waals surface area contributed by atoms with Crippen LogP contribution in [0.2, 0.25) is 0 Å². The van der Waals surface area contributed by atoms with Gasteiger partial charge in [0, 0.05) is 25.3 Å². The highest BCUT2D eigenvalue weighted by Crippen LogP contribution is 2.16. The number of carbonyl (C=O) groups excluding carboxylic acids is 1. The lowest BCUT2D eigenvalue weighted by Gasteiger charge is -2.30. The number of urea groups is 1. The van der Waals surface area contributed by atoms with Crippen molar-refractivity contribution >= 4 is 17.7 Å². The Morgan fingerprint density at radius 1 is 1.00 bits per heavy atom. The fourth-order valence-corrected chi connectivity index (χ4v) is 2.16. The quantitative estimate of drug-likeness (QED) is 0.800. The number of para-hydroxylation sites is 1. The van der Waals surface area contributed by atoms with Gasteiger partial charge in [-0.3, -0.25) is 9.69 Å². The standard InChI is InChI=1S/C16H24N2O3/c1-3-11-17(12-4-2)16(21)18(13-10-15(19)20)14-8-6-5-7-9-14/h5-9H,3-4,10-13H2,1-2H3,(H,19,20). The summed E-state index contributed by atoms with van der Waals surface area (Å²) in [5.74, 6) is -0.902. The third-order valence-corrected chi connectivity index (χ3v) is 3.11. The molecule has 0 heterocycles. The Labute approximate surface area is 126 Å². The van der Waals surface area contributed by atoms with Crippen molar-refractivity contribution in [3.05, 3.63) is 30.3 Å². The zero-order valence-electron chi connectivity index (χ0n) is 12.8. The molecule has 0 saturated heterocycles. The first kappa shape index (κ1) is 17.0. The molecule has 0 bridgehead atoms. The molecule has 0 atom stereocenters. The molecule has 0 unspecified atom stereocenters. The normalized spacial score (nSPS) is 10.2. The lowest BCUT2D eigenvalue weighted by molar-refractivity contribution is -0.136. The summed E-state index contributed by atoms with van der Waals surface area (Å²) in [5.41, 5.74) is 0.737. The fraction of sp³-hybridized carbons (Fsp3) is 0.500. The number of nitrogens with zero attached hydrogens (tertiary/aromatic N) is 2. The van der Waals surface area contributed by atoms with E-state index in [-0.39, 0.29) is 19.0 Å². The third kappa shape index (κ3) is 5.45. The summed E-state index contributed by atoms with van der Waals surface area (Å²) in [5, 5.41) is 8.88. The SMILES string of the molecule is CCCN(CCC)C(=O)N(CCC(=O)O)c1ccccc1. The summed E-state index contributed by atoms with van der Waals surface area (Å²) in [6.45, 7) is 5.61. The summed E-state index contributed by atoms with van der Waals surface area (Å²) < 4.78 is 0. The van der Waals surface area contributed by atoms with Crippen molar-refractivity contribution in [3.8, 4) is 0 Å². The topological polar surface area (TPSA) is 60.9 Å². The Kier molecular flexibility index (Phi) is 7.29. The van der Waals surface area contributed by atoms with Crippen LogP contribution in [0.1, 0.15) is 33.1 Å². The molecule has 21 heavy (non-hydrogen) atoms.